The lowest BCUT2D eigenvalue weighted by atomic mass is 10.0. The summed E-state index contributed by atoms with van der Waals surface area (Å²) in [6.07, 6.45) is -3.65. The highest BCUT2D eigenvalue weighted by Gasteiger charge is 2.38. The number of unbranched alkanes of at least 4 members (excludes halogenated alkanes) is 1. The topological polar surface area (TPSA) is 339 Å². The van der Waals surface area contributed by atoms with Gasteiger partial charge in [-0.2, -0.15) is 8.61 Å². The highest BCUT2D eigenvalue weighted by atomic mass is 32.2. The molecule has 0 aromatic heterocycles. The summed E-state index contributed by atoms with van der Waals surface area (Å²) < 4.78 is 97.0. The van der Waals surface area contributed by atoms with Gasteiger partial charge in [0.1, 0.15) is 30.2 Å². The number of nitrogens with one attached hydrogen (secondary N) is 3. The molecular weight excluding hydrogens is 1200 g/mol. The van der Waals surface area contributed by atoms with Crippen molar-refractivity contribution in [1.82, 2.24) is 24.6 Å². The van der Waals surface area contributed by atoms with Crippen molar-refractivity contribution in [3.63, 3.8) is 0 Å². The van der Waals surface area contributed by atoms with Crippen molar-refractivity contribution in [2.75, 3.05) is 71.4 Å². The van der Waals surface area contributed by atoms with Gasteiger partial charge < -0.3 is 60.6 Å². The van der Waals surface area contributed by atoms with Crippen LogP contribution < -0.4 is 32.2 Å². The first kappa shape index (κ1) is 71.2. The largest absolute Gasteiger partial charge is 0.514 e. The second-order valence-electron chi connectivity index (χ2n) is 22.6. The van der Waals surface area contributed by atoms with Gasteiger partial charge in [0.25, 0.3) is 5.69 Å². The number of sulfonamides is 2. The maximum Gasteiger partial charge on any atom is 0.514 e. The van der Waals surface area contributed by atoms with Crippen LogP contribution in [-0.4, -0.2) is 157 Å². The molecule has 7 N–H and O–H groups in total. The summed E-state index contributed by atoms with van der Waals surface area (Å²) in [5.41, 5.74) is 14.1. The fourth-order valence-corrected chi connectivity index (χ4v) is 12.8. The highest BCUT2D eigenvalue weighted by Crippen LogP contribution is 2.26. The standard InChI is InChI=1S/C33H39N3O10S.C30H45N5O7S/c1-23(2)20-35(47(41,42)29-15-11-26(12-16-29)36(39)40)21-31(46-33(38)45-27-13-9-24(3)10-14-27)30(19-25-7-5-4-6-8-25)34-32(37)44-28-17-18-43-22-28;1-22(2)19-35(43(38,39)26-12-10-24(32)11-13-26)20-28(42-29(36)33-16-7-6-15-31)27(18-23-8-4-3-5-9-23)34-30(37)41-25-14-17-40-21-25/h4-16,23,28,30-31H,17-22H2,1-3H3,(H,34,37);3-5,8-13,22,25,27-28H,6-7,14-21,31-32H2,1-2H3,(H,33,36)(H,34,37)/t28?,30-,31?;25-,27-,28+/m00/s1. The molecule has 2 aliphatic rings. The molecule has 2 heterocycles. The van der Waals surface area contributed by atoms with Crippen molar-refractivity contribution in [3.05, 3.63) is 160 Å². The average Bonchev–Trinajstić information content (AvgIpc) is 1.62. The van der Waals surface area contributed by atoms with E-state index in [4.69, 9.17) is 44.6 Å². The summed E-state index contributed by atoms with van der Waals surface area (Å²) in [4.78, 5) is 62.8. The van der Waals surface area contributed by atoms with Crippen LogP contribution in [0.4, 0.5) is 30.6 Å². The fourth-order valence-electron chi connectivity index (χ4n) is 9.59. The fraction of sp³-hybridized carbons (Fsp3) is 0.460. The molecule has 0 bridgehead atoms. The van der Waals surface area contributed by atoms with Crippen LogP contribution in [0, 0.1) is 28.9 Å². The Hall–Kier alpha value is -7.92. The van der Waals surface area contributed by atoms with E-state index >= 15 is 0 Å². The first-order chi connectivity index (χ1) is 43.0. The number of carbonyl (C=O) groups is 4. The average molecular weight is 1290 g/mol. The molecule has 3 amide bonds. The number of nitrogen functional groups attached to an aromatic ring is 1. The van der Waals surface area contributed by atoms with Gasteiger partial charge in [-0.05, 0) is 111 Å². The number of non-ortho nitro benzene ring substituents is 1. The Labute approximate surface area is 526 Å². The van der Waals surface area contributed by atoms with E-state index in [1.54, 1.807) is 24.3 Å². The highest BCUT2D eigenvalue weighted by molar-refractivity contribution is 7.89. The van der Waals surface area contributed by atoms with Gasteiger partial charge in [-0.25, -0.2) is 36.0 Å². The molecule has 6 atom stereocenters. The minimum Gasteiger partial charge on any atom is -0.444 e. The third kappa shape index (κ3) is 23.5. The van der Waals surface area contributed by atoms with Gasteiger partial charge in [-0.3, -0.25) is 10.1 Å². The van der Waals surface area contributed by atoms with E-state index in [1.807, 2.05) is 95.3 Å². The summed E-state index contributed by atoms with van der Waals surface area (Å²) in [7, 11) is -8.30. The normalized spacial score (nSPS) is 16.2. The SMILES string of the molecule is CC(C)CN(C[C@@H](OC(=O)NCCCCN)[C@H](Cc1ccccc1)NC(=O)O[C@H]1CCOC1)S(=O)(=O)c1ccc(N)cc1.Cc1ccc(OC(=O)OC(CN(CC(C)C)S(=O)(=O)c2ccc([N+](=O)[O-])cc2)[C@H](Cc2ccccc2)NC(=O)OC2CCOC2)cc1. The van der Waals surface area contributed by atoms with Crippen molar-refractivity contribution >= 4 is 55.9 Å². The quantitative estimate of drug-likeness (QED) is 0.00550. The zero-order valence-electron chi connectivity index (χ0n) is 51.4. The van der Waals surface area contributed by atoms with Crippen molar-refractivity contribution in [2.24, 2.45) is 17.6 Å². The summed E-state index contributed by atoms with van der Waals surface area (Å²) in [5, 5.41) is 19.6. The minimum absolute atomic E-state index is 0.00804. The number of benzene rings is 5. The Morgan fingerprint density at radius 1 is 0.622 bits per heavy atom. The minimum atomic E-state index is -4.27. The number of nitro benzene ring substituents is 1. The molecule has 0 aliphatic carbocycles. The molecule has 2 fully saturated rings. The van der Waals surface area contributed by atoms with E-state index in [0.717, 1.165) is 51.7 Å². The lowest BCUT2D eigenvalue weighted by Crippen LogP contribution is -2.54. The Balaban J connectivity index is 0.000000288. The van der Waals surface area contributed by atoms with E-state index < -0.39 is 85.9 Å². The predicted octanol–water partition coefficient (Wildman–Crippen LogP) is 8.14. The van der Waals surface area contributed by atoms with Crippen molar-refractivity contribution < 1.29 is 74.1 Å². The van der Waals surface area contributed by atoms with Gasteiger partial charge in [-0.1, -0.05) is 106 Å². The lowest BCUT2D eigenvalue weighted by molar-refractivity contribution is -0.384. The molecule has 0 radical (unpaired) electrons. The maximum absolute atomic E-state index is 14.0. The molecule has 90 heavy (non-hydrogen) atoms. The Morgan fingerprint density at radius 3 is 1.50 bits per heavy atom. The molecule has 490 valence electrons. The first-order valence-corrected chi connectivity index (χ1v) is 32.7. The molecule has 7 rings (SSSR count). The number of nitrogens with two attached hydrogens (primary N) is 2. The zero-order valence-corrected chi connectivity index (χ0v) is 53.0. The number of hydrogen-bond acceptors (Lipinski definition) is 19. The van der Waals surface area contributed by atoms with E-state index in [2.05, 4.69) is 16.0 Å². The molecule has 2 unspecified atom stereocenters. The molecule has 2 aliphatic heterocycles. The second-order valence-corrected chi connectivity index (χ2v) is 26.5. The number of hydrogen-bond donors (Lipinski definition) is 5. The van der Waals surface area contributed by atoms with Crippen molar-refractivity contribution in [2.45, 2.75) is 119 Å². The van der Waals surface area contributed by atoms with Crippen LogP contribution in [0.1, 0.15) is 70.1 Å². The smallest absolute Gasteiger partial charge is 0.444 e. The molecule has 5 aromatic rings. The Bertz CT molecular complexity index is 3270. The summed E-state index contributed by atoms with van der Waals surface area (Å²) >= 11 is 0. The first-order valence-electron chi connectivity index (χ1n) is 29.9. The van der Waals surface area contributed by atoms with E-state index in [-0.39, 0.29) is 78.7 Å². The number of alkyl carbamates (subject to hydrolysis) is 3. The van der Waals surface area contributed by atoms with Crippen LogP contribution in [0.15, 0.2) is 143 Å². The number of anilines is 1. The number of nitrogens with zero attached hydrogens (tertiary/aromatic N) is 3. The van der Waals surface area contributed by atoms with E-state index in [1.165, 1.54) is 28.6 Å². The molecular formula is C63H84N8O17S2. The molecule has 5 aromatic carbocycles. The maximum atomic E-state index is 14.0. The third-order valence-electron chi connectivity index (χ3n) is 14.2. The molecule has 27 heteroatoms. The zero-order chi connectivity index (χ0) is 65.2. The van der Waals surface area contributed by atoms with Crippen LogP contribution in [-0.2, 0) is 61.3 Å². The number of nitro groups is 1. The van der Waals surface area contributed by atoms with E-state index in [9.17, 15) is 46.1 Å². The molecule has 2 saturated heterocycles. The van der Waals surface area contributed by atoms with Gasteiger partial charge in [0.05, 0.1) is 66.3 Å². The van der Waals surface area contributed by atoms with Crippen LogP contribution >= 0.6 is 0 Å². The van der Waals surface area contributed by atoms with Gasteiger partial charge in [0.15, 0.2) is 0 Å². The lowest BCUT2D eigenvalue weighted by Gasteiger charge is -2.33. The van der Waals surface area contributed by atoms with Gasteiger partial charge in [-0.15, -0.1) is 0 Å². The van der Waals surface area contributed by atoms with Crippen LogP contribution in [0.5, 0.6) is 5.75 Å². The molecule has 0 spiro atoms. The van der Waals surface area contributed by atoms with Crippen LogP contribution in [0.2, 0.25) is 0 Å². The number of ether oxygens (including phenoxy) is 7. The number of rotatable bonds is 30. The van der Waals surface area contributed by atoms with Crippen LogP contribution in [0.3, 0.4) is 0 Å². The van der Waals surface area contributed by atoms with Gasteiger partial charge in [0, 0.05) is 50.3 Å². The summed E-state index contributed by atoms with van der Waals surface area (Å²) in [5.74, 6) is -0.0110. The molecule has 0 saturated carbocycles. The number of amides is 3. The third-order valence-corrected chi connectivity index (χ3v) is 17.9. The number of carbonyl (C=O) groups excluding carboxylic acids is 4. The van der Waals surface area contributed by atoms with E-state index in [0.29, 0.717) is 57.9 Å². The van der Waals surface area contributed by atoms with Crippen molar-refractivity contribution in [3.8, 4) is 5.75 Å². The Morgan fingerprint density at radius 2 is 1.08 bits per heavy atom. The predicted molar refractivity (Wildman–Crippen MR) is 335 cm³/mol. The van der Waals surface area contributed by atoms with Gasteiger partial charge >= 0.3 is 24.4 Å². The van der Waals surface area contributed by atoms with Gasteiger partial charge in [0.2, 0.25) is 20.0 Å². The Kier molecular flexibility index (Phi) is 28.0. The van der Waals surface area contributed by atoms with Crippen LogP contribution in [0.25, 0.3) is 0 Å². The van der Waals surface area contributed by atoms with Crippen molar-refractivity contribution in [1.29, 1.82) is 0 Å². The summed E-state index contributed by atoms with van der Waals surface area (Å²) in [6, 6.07) is 33.8. The molecule has 25 nitrogen and oxygen atoms in total. The summed E-state index contributed by atoms with van der Waals surface area (Å²) in [6.45, 7) is 11.2. The monoisotopic (exact) mass is 1290 g/mol. The second kappa shape index (κ2) is 35.5. The number of aryl methyl sites for hydroxylation is 1.